The van der Waals surface area contributed by atoms with Gasteiger partial charge in [-0.15, -0.1) is 0 Å². The lowest BCUT2D eigenvalue weighted by Crippen LogP contribution is -2.45. The van der Waals surface area contributed by atoms with Gasteiger partial charge in [0.1, 0.15) is 0 Å². The molecule has 0 aliphatic carbocycles. The van der Waals surface area contributed by atoms with Crippen LogP contribution in [0.1, 0.15) is 33.6 Å². The minimum absolute atomic E-state index is 0.0738. The van der Waals surface area contributed by atoms with Crippen molar-refractivity contribution in [1.82, 2.24) is 10.6 Å². The molecule has 4 N–H and O–H groups in total. The standard InChI is InChI=1S/C11H25N3O/c1-4-10(13-7-5-6-12)11(15)14-8-9(2)3/h9-10,13H,4-8,12H2,1-3H3,(H,14,15)/t10-/m0/s1. The molecule has 0 heterocycles. The van der Waals surface area contributed by atoms with Crippen LogP contribution in [0.3, 0.4) is 0 Å². The number of amides is 1. The molecule has 0 aromatic heterocycles. The van der Waals surface area contributed by atoms with Crippen LogP contribution in [0.5, 0.6) is 0 Å². The topological polar surface area (TPSA) is 67.1 Å². The summed E-state index contributed by atoms with van der Waals surface area (Å²) in [5, 5.41) is 6.13. The fourth-order valence-corrected chi connectivity index (χ4v) is 1.23. The smallest absolute Gasteiger partial charge is 0.237 e. The molecule has 0 unspecified atom stereocenters. The van der Waals surface area contributed by atoms with E-state index >= 15 is 0 Å². The molecule has 0 bridgehead atoms. The summed E-state index contributed by atoms with van der Waals surface area (Å²) >= 11 is 0. The molecule has 90 valence electrons. The Bertz CT molecular complexity index is 171. The van der Waals surface area contributed by atoms with Crippen molar-refractivity contribution < 1.29 is 4.79 Å². The van der Waals surface area contributed by atoms with Gasteiger partial charge >= 0.3 is 0 Å². The van der Waals surface area contributed by atoms with Crippen LogP contribution in [0.2, 0.25) is 0 Å². The molecule has 1 amide bonds. The van der Waals surface area contributed by atoms with Crippen molar-refractivity contribution in [3.05, 3.63) is 0 Å². The summed E-state index contributed by atoms with van der Waals surface area (Å²) in [6.07, 6.45) is 1.72. The van der Waals surface area contributed by atoms with E-state index in [1.807, 2.05) is 6.92 Å². The number of hydrogen-bond acceptors (Lipinski definition) is 3. The largest absolute Gasteiger partial charge is 0.354 e. The van der Waals surface area contributed by atoms with E-state index in [4.69, 9.17) is 5.73 Å². The van der Waals surface area contributed by atoms with Crippen LogP contribution in [-0.4, -0.2) is 31.6 Å². The third kappa shape index (κ3) is 7.33. The summed E-state index contributed by atoms with van der Waals surface area (Å²) in [4.78, 5) is 11.7. The van der Waals surface area contributed by atoms with E-state index in [0.29, 0.717) is 12.5 Å². The Labute approximate surface area is 93.0 Å². The van der Waals surface area contributed by atoms with Gasteiger partial charge in [0.25, 0.3) is 0 Å². The monoisotopic (exact) mass is 215 g/mol. The Morgan fingerprint density at radius 2 is 2.07 bits per heavy atom. The first-order chi connectivity index (χ1) is 7.11. The van der Waals surface area contributed by atoms with Gasteiger partial charge in [-0.2, -0.15) is 0 Å². The van der Waals surface area contributed by atoms with Gasteiger partial charge in [0.15, 0.2) is 0 Å². The SMILES string of the molecule is CC[C@H](NCCCN)C(=O)NCC(C)C. The van der Waals surface area contributed by atoms with E-state index in [-0.39, 0.29) is 11.9 Å². The Morgan fingerprint density at radius 1 is 1.40 bits per heavy atom. The molecule has 0 radical (unpaired) electrons. The fraction of sp³-hybridized carbons (Fsp3) is 0.909. The second-order valence-electron chi connectivity index (χ2n) is 4.20. The van der Waals surface area contributed by atoms with Crippen molar-refractivity contribution in [2.45, 2.75) is 39.7 Å². The Kier molecular flexibility index (Phi) is 8.33. The van der Waals surface area contributed by atoms with E-state index in [2.05, 4.69) is 24.5 Å². The predicted octanol–water partition coefficient (Wildman–Crippen LogP) is 0.476. The first-order valence-electron chi connectivity index (χ1n) is 5.83. The van der Waals surface area contributed by atoms with E-state index in [0.717, 1.165) is 25.9 Å². The molecule has 0 aliphatic heterocycles. The molecule has 0 aromatic rings. The predicted molar refractivity (Wildman–Crippen MR) is 63.6 cm³/mol. The summed E-state index contributed by atoms with van der Waals surface area (Å²) in [6.45, 7) is 8.40. The van der Waals surface area contributed by atoms with Crippen molar-refractivity contribution in [3.8, 4) is 0 Å². The van der Waals surface area contributed by atoms with Gasteiger partial charge in [-0.3, -0.25) is 4.79 Å². The summed E-state index contributed by atoms with van der Waals surface area (Å²) < 4.78 is 0. The lowest BCUT2D eigenvalue weighted by atomic mass is 10.2. The normalized spacial score (nSPS) is 12.9. The van der Waals surface area contributed by atoms with Gasteiger partial charge in [0, 0.05) is 6.54 Å². The summed E-state index contributed by atoms with van der Waals surface area (Å²) in [6, 6.07) is -0.0738. The van der Waals surface area contributed by atoms with E-state index in [9.17, 15) is 4.79 Å². The summed E-state index contributed by atoms with van der Waals surface area (Å²) in [5.41, 5.74) is 5.39. The zero-order valence-electron chi connectivity index (χ0n) is 10.2. The van der Waals surface area contributed by atoms with Crippen molar-refractivity contribution >= 4 is 5.91 Å². The van der Waals surface area contributed by atoms with Gasteiger partial charge in [-0.25, -0.2) is 0 Å². The van der Waals surface area contributed by atoms with Crippen LogP contribution < -0.4 is 16.4 Å². The third-order valence-electron chi connectivity index (χ3n) is 2.18. The van der Waals surface area contributed by atoms with Crippen LogP contribution in [0.25, 0.3) is 0 Å². The van der Waals surface area contributed by atoms with Gasteiger partial charge in [0.05, 0.1) is 6.04 Å². The molecule has 4 heteroatoms. The van der Waals surface area contributed by atoms with Gasteiger partial charge in [-0.05, 0) is 31.8 Å². The molecule has 0 fully saturated rings. The molecular formula is C11H25N3O. The van der Waals surface area contributed by atoms with E-state index < -0.39 is 0 Å². The van der Waals surface area contributed by atoms with E-state index in [1.165, 1.54) is 0 Å². The Morgan fingerprint density at radius 3 is 2.53 bits per heavy atom. The molecule has 1 atom stereocenters. The lowest BCUT2D eigenvalue weighted by Gasteiger charge is -2.17. The molecule has 0 saturated heterocycles. The second-order valence-corrected chi connectivity index (χ2v) is 4.20. The summed E-state index contributed by atoms with van der Waals surface area (Å²) in [7, 11) is 0. The van der Waals surface area contributed by atoms with Gasteiger partial charge in [0.2, 0.25) is 5.91 Å². The quantitative estimate of drug-likeness (QED) is 0.516. The molecule has 0 aromatic carbocycles. The average molecular weight is 215 g/mol. The highest BCUT2D eigenvalue weighted by molar-refractivity contribution is 5.81. The van der Waals surface area contributed by atoms with Crippen molar-refractivity contribution in [1.29, 1.82) is 0 Å². The van der Waals surface area contributed by atoms with Crippen molar-refractivity contribution in [2.24, 2.45) is 11.7 Å². The fourth-order valence-electron chi connectivity index (χ4n) is 1.23. The highest BCUT2D eigenvalue weighted by Crippen LogP contribution is 1.93. The first kappa shape index (κ1) is 14.4. The van der Waals surface area contributed by atoms with Crippen LogP contribution in [-0.2, 0) is 4.79 Å². The van der Waals surface area contributed by atoms with Crippen molar-refractivity contribution in [2.75, 3.05) is 19.6 Å². The minimum atomic E-state index is -0.0738. The number of rotatable bonds is 8. The number of carbonyl (C=O) groups excluding carboxylic acids is 1. The van der Waals surface area contributed by atoms with Gasteiger partial charge in [-0.1, -0.05) is 20.8 Å². The van der Waals surface area contributed by atoms with Gasteiger partial charge < -0.3 is 16.4 Å². The van der Waals surface area contributed by atoms with Crippen LogP contribution in [0.15, 0.2) is 0 Å². The maximum Gasteiger partial charge on any atom is 0.237 e. The molecule has 0 rings (SSSR count). The summed E-state index contributed by atoms with van der Waals surface area (Å²) in [5.74, 6) is 0.596. The van der Waals surface area contributed by atoms with Crippen LogP contribution >= 0.6 is 0 Å². The van der Waals surface area contributed by atoms with Crippen LogP contribution in [0.4, 0.5) is 0 Å². The number of carbonyl (C=O) groups is 1. The third-order valence-corrected chi connectivity index (χ3v) is 2.18. The van der Waals surface area contributed by atoms with Crippen LogP contribution in [0, 0.1) is 5.92 Å². The number of nitrogens with one attached hydrogen (secondary N) is 2. The zero-order valence-corrected chi connectivity index (χ0v) is 10.2. The zero-order chi connectivity index (χ0) is 11.7. The Balaban J connectivity index is 3.77. The first-order valence-corrected chi connectivity index (χ1v) is 5.83. The highest BCUT2D eigenvalue weighted by Gasteiger charge is 2.14. The average Bonchev–Trinajstić information content (AvgIpc) is 2.21. The Hall–Kier alpha value is -0.610. The minimum Gasteiger partial charge on any atom is -0.354 e. The second kappa shape index (κ2) is 8.68. The lowest BCUT2D eigenvalue weighted by molar-refractivity contribution is -0.123. The molecule has 0 spiro atoms. The van der Waals surface area contributed by atoms with E-state index in [1.54, 1.807) is 0 Å². The maximum atomic E-state index is 11.7. The molecular weight excluding hydrogens is 190 g/mol. The molecule has 0 aliphatic rings. The molecule has 0 saturated carbocycles. The maximum absolute atomic E-state index is 11.7. The number of nitrogens with two attached hydrogens (primary N) is 1. The molecule has 4 nitrogen and oxygen atoms in total. The highest BCUT2D eigenvalue weighted by atomic mass is 16.2. The molecule has 15 heavy (non-hydrogen) atoms. The number of hydrogen-bond donors (Lipinski definition) is 3. The van der Waals surface area contributed by atoms with Crippen molar-refractivity contribution in [3.63, 3.8) is 0 Å².